The molecule has 2 amide bonds. The van der Waals surface area contributed by atoms with Crippen LogP contribution in [0.25, 0.3) is 10.8 Å². The Morgan fingerprint density at radius 1 is 1.05 bits per heavy atom. The second-order valence-electron chi connectivity index (χ2n) is 5.12. The maximum atomic E-state index is 11.7. The van der Waals surface area contributed by atoms with Crippen LogP contribution < -0.4 is 5.32 Å². The molecule has 0 spiro atoms. The molecule has 0 saturated carbocycles. The fourth-order valence-corrected chi connectivity index (χ4v) is 2.71. The van der Waals surface area contributed by atoms with Crippen molar-refractivity contribution < 1.29 is 9.59 Å². The summed E-state index contributed by atoms with van der Waals surface area (Å²) in [6, 6.07) is 14.3. The summed E-state index contributed by atoms with van der Waals surface area (Å²) >= 11 is 0. The molecule has 3 nitrogen and oxygen atoms in total. The number of imide groups is 1. The molecule has 2 atom stereocenters. The number of nitrogens with one attached hydrogen (secondary N) is 1. The van der Waals surface area contributed by atoms with E-state index in [0.29, 0.717) is 6.42 Å². The lowest BCUT2D eigenvalue weighted by Crippen LogP contribution is -2.43. The quantitative estimate of drug-likeness (QED) is 0.794. The molecule has 1 aliphatic rings. The highest BCUT2D eigenvalue weighted by Gasteiger charge is 2.33. The van der Waals surface area contributed by atoms with Crippen LogP contribution in [-0.2, 0) is 9.59 Å². The Labute approximate surface area is 111 Å². The van der Waals surface area contributed by atoms with Gasteiger partial charge in [-0.25, -0.2) is 0 Å². The minimum atomic E-state index is -0.179. The lowest BCUT2D eigenvalue weighted by molar-refractivity contribution is -0.136. The number of rotatable bonds is 1. The minimum Gasteiger partial charge on any atom is -0.296 e. The number of carbonyl (C=O) groups is 2. The molecule has 0 bridgehead atoms. The molecule has 3 rings (SSSR count). The van der Waals surface area contributed by atoms with Gasteiger partial charge in [0.15, 0.2) is 0 Å². The zero-order valence-corrected chi connectivity index (χ0v) is 10.7. The van der Waals surface area contributed by atoms with Gasteiger partial charge in [-0.3, -0.25) is 14.9 Å². The number of piperidine rings is 1. The van der Waals surface area contributed by atoms with E-state index in [0.717, 1.165) is 10.9 Å². The summed E-state index contributed by atoms with van der Waals surface area (Å²) in [6.45, 7) is 1.88. The summed E-state index contributed by atoms with van der Waals surface area (Å²) in [5, 5.41) is 4.70. The summed E-state index contributed by atoms with van der Waals surface area (Å²) in [7, 11) is 0. The molecule has 1 saturated heterocycles. The number of hydrogen-bond donors (Lipinski definition) is 1. The molecular formula is C16H15NO2. The van der Waals surface area contributed by atoms with Gasteiger partial charge < -0.3 is 0 Å². The van der Waals surface area contributed by atoms with E-state index in [1.165, 1.54) is 5.39 Å². The summed E-state index contributed by atoms with van der Waals surface area (Å²) in [4.78, 5) is 23.3. The van der Waals surface area contributed by atoms with Crippen LogP contribution in [0.5, 0.6) is 0 Å². The van der Waals surface area contributed by atoms with E-state index in [-0.39, 0.29) is 23.7 Å². The Bertz CT molecular complexity index is 663. The molecule has 1 N–H and O–H groups in total. The van der Waals surface area contributed by atoms with Gasteiger partial charge in [-0.1, -0.05) is 49.4 Å². The fourth-order valence-electron chi connectivity index (χ4n) is 2.71. The lowest BCUT2D eigenvalue weighted by Gasteiger charge is -2.27. The third kappa shape index (κ3) is 2.12. The van der Waals surface area contributed by atoms with Crippen molar-refractivity contribution in [1.82, 2.24) is 5.32 Å². The van der Waals surface area contributed by atoms with Crippen LogP contribution >= 0.6 is 0 Å². The van der Waals surface area contributed by atoms with Gasteiger partial charge in [-0.05, 0) is 16.3 Å². The Balaban J connectivity index is 2.03. The molecular weight excluding hydrogens is 238 g/mol. The second kappa shape index (κ2) is 4.50. The first kappa shape index (κ1) is 11.9. The average Bonchev–Trinajstić information content (AvgIpc) is 2.42. The molecule has 1 heterocycles. The van der Waals surface area contributed by atoms with E-state index in [1.807, 2.05) is 37.3 Å². The summed E-state index contributed by atoms with van der Waals surface area (Å²) in [5.74, 6) is -0.541. The van der Waals surface area contributed by atoms with Crippen LogP contribution in [0.1, 0.15) is 24.8 Å². The third-order valence-corrected chi connectivity index (χ3v) is 3.89. The first-order chi connectivity index (χ1) is 9.15. The van der Waals surface area contributed by atoms with Crippen molar-refractivity contribution >= 4 is 22.6 Å². The molecule has 19 heavy (non-hydrogen) atoms. The molecule has 2 aromatic carbocycles. The second-order valence-corrected chi connectivity index (χ2v) is 5.12. The molecule has 1 aliphatic heterocycles. The van der Waals surface area contributed by atoms with Crippen molar-refractivity contribution in [3.63, 3.8) is 0 Å². The third-order valence-electron chi connectivity index (χ3n) is 3.89. The predicted octanol–water partition coefficient (Wildman–Crippen LogP) is 2.61. The van der Waals surface area contributed by atoms with Crippen LogP contribution in [0.3, 0.4) is 0 Å². The minimum absolute atomic E-state index is 0.0224. The highest BCUT2D eigenvalue weighted by molar-refractivity contribution is 5.99. The number of hydrogen-bond acceptors (Lipinski definition) is 2. The van der Waals surface area contributed by atoms with Crippen LogP contribution in [0.15, 0.2) is 42.5 Å². The van der Waals surface area contributed by atoms with Crippen molar-refractivity contribution in [3.05, 3.63) is 48.0 Å². The SMILES string of the molecule is CC1C(=O)NC(=O)CC1c1ccc2ccccc2c1. The Morgan fingerprint density at radius 3 is 2.58 bits per heavy atom. The highest BCUT2D eigenvalue weighted by Crippen LogP contribution is 2.32. The van der Waals surface area contributed by atoms with Gasteiger partial charge in [0.05, 0.1) is 0 Å². The van der Waals surface area contributed by atoms with E-state index in [9.17, 15) is 9.59 Å². The largest absolute Gasteiger partial charge is 0.296 e. The fraction of sp³-hybridized carbons (Fsp3) is 0.250. The molecule has 0 radical (unpaired) electrons. The van der Waals surface area contributed by atoms with E-state index in [2.05, 4.69) is 17.4 Å². The van der Waals surface area contributed by atoms with E-state index < -0.39 is 0 Å². The van der Waals surface area contributed by atoms with E-state index >= 15 is 0 Å². The van der Waals surface area contributed by atoms with Gasteiger partial charge in [0, 0.05) is 18.3 Å². The maximum Gasteiger partial charge on any atom is 0.230 e. The number of amides is 2. The summed E-state index contributed by atoms with van der Waals surface area (Å²) < 4.78 is 0. The summed E-state index contributed by atoms with van der Waals surface area (Å²) in [5.41, 5.74) is 1.06. The van der Waals surface area contributed by atoms with Crippen LogP contribution in [-0.4, -0.2) is 11.8 Å². The topological polar surface area (TPSA) is 46.2 Å². The highest BCUT2D eigenvalue weighted by atomic mass is 16.2. The van der Waals surface area contributed by atoms with E-state index in [4.69, 9.17) is 0 Å². The van der Waals surface area contributed by atoms with Gasteiger partial charge >= 0.3 is 0 Å². The Kier molecular flexibility index (Phi) is 2.82. The van der Waals surface area contributed by atoms with Gasteiger partial charge in [0.1, 0.15) is 0 Å². The zero-order chi connectivity index (χ0) is 13.4. The Hall–Kier alpha value is -2.16. The van der Waals surface area contributed by atoms with Crippen LogP contribution in [0, 0.1) is 5.92 Å². The van der Waals surface area contributed by atoms with Crippen molar-refractivity contribution in [1.29, 1.82) is 0 Å². The predicted molar refractivity (Wildman–Crippen MR) is 73.6 cm³/mol. The monoisotopic (exact) mass is 253 g/mol. The molecule has 0 aromatic heterocycles. The average molecular weight is 253 g/mol. The van der Waals surface area contributed by atoms with Crippen LogP contribution in [0.4, 0.5) is 0 Å². The number of benzene rings is 2. The van der Waals surface area contributed by atoms with Crippen molar-refractivity contribution in [2.75, 3.05) is 0 Å². The maximum absolute atomic E-state index is 11.7. The van der Waals surface area contributed by atoms with Gasteiger partial charge in [-0.15, -0.1) is 0 Å². The first-order valence-electron chi connectivity index (χ1n) is 6.47. The van der Waals surface area contributed by atoms with Crippen molar-refractivity contribution in [2.45, 2.75) is 19.3 Å². The molecule has 3 heteroatoms. The molecule has 2 aromatic rings. The smallest absolute Gasteiger partial charge is 0.230 e. The van der Waals surface area contributed by atoms with E-state index in [1.54, 1.807) is 0 Å². The first-order valence-corrected chi connectivity index (χ1v) is 6.47. The summed E-state index contributed by atoms with van der Waals surface area (Å²) in [6.07, 6.45) is 0.380. The molecule has 2 unspecified atom stereocenters. The standard InChI is InChI=1S/C16H15NO2/c1-10-14(9-15(18)17-16(10)19)13-7-6-11-4-2-3-5-12(11)8-13/h2-8,10,14H,9H2,1H3,(H,17,18,19). The molecule has 96 valence electrons. The molecule has 0 aliphatic carbocycles. The lowest BCUT2D eigenvalue weighted by atomic mass is 9.81. The van der Waals surface area contributed by atoms with Gasteiger partial charge in [0.25, 0.3) is 0 Å². The molecule has 1 fully saturated rings. The zero-order valence-electron chi connectivity index (χ0n) is 10.7. The Morgan fingerprint density at radius 2 is 1.79 bits per heavy atom. The van der Waals surface area contributed by atoms with Crippen molar-refractivity contribution in [2.24, 2.45) is 5.92 Å². The van der Waals surface area contributed by atoms with Crippen LogP contribution in [0.2, 0.25) is 0 Å². The number of fused-ring (bicyclic) bond motifs is 1. The van der Waals surface area contributed by atoms with Gasteiger partial charge in [0.2, 0.25) is 11.8 Å². The normalized spacial score (nSPS) is 23.4. The number of carbonyl (C=O) groups excluding carboxylic acids is 2. The van der Waals surface area contributed by atoms with Gasteiger partial charge in [-0.2, -0.15) is 0 Å². The van der Waals surface area contributed by atoms with Crippen molar-refractivity contribution in [3.8, 4) is 0 Å².